The van der Waals surface area contributed by atoms with Gasteiger partial charge in [-0.3, -0.25) is 0 Å². The second-order valence-corrected chi connectivity index (χ2v) is 5.69. The van der Waals surface area contributed by atoms with Crippen molar-refractivity contribution in [1.82, 2.24) is 19.9 Å². The average Bonchev–Trinajstić information content (AvgIpc) is 2.55. The number of anilines is 2. The van der Waals surface area contributed by atoms with Gasteiger partial charge in [-0.25, -0.2) is 19.9 Å². The molecule has 0 spiro atoms. The van der Waals surface area contributed by atoms with E-state index in [-0.39, 0.29) is 6.04 Å². The molecule has 0 bridgehead atoms. The van der Waals surface area contributed by atoms with E-state index in [4.69, 9.17) is 0 Å². The van der Waals surface area contributed by atoms with Gasteiger partial charge >= 0.3 is 6.18 Å². The summed E-state index contributed by atoms with van der Waals surface area (Å²) in [6.45, 7) is 3.11. The number of aromatic nitrogens is 4. The summed E-state index contributed by atoms with van der Waals surface area (Å²) in [4.78, 5) is 17.6. The van der Waals surface area contributed by atoms with Crippen LogP contribution in [0.3, 0.4) is 0 Å². The quantitative estimate of drug-likeness (QED) is 0.928. The molecule has 2 aromatic heterocycles. The number of piperidine rings is 1. The molecule has 6 nitrogen and oxygen atoms in total. The zero-order chi connectivity index (χ0) is 17.2. The normalized spacial score (nSPS) is 16.2. The van der Waals surface area contributed by atoms with Crippen LogP contribution in [0.2, 0.25) is 0 Å². The highest BCUT2D eigenvalue weighted by atomic mass is 19.4. The SMILES string of the molecule is Cc1ccnc(NC2CCN(c3cc(C(F)(F)F)ncn3)CC2)n1. The Morgan fingerprint density at radius 1 is 1.17 bits per heavy atom. The third kappa shape index (κ3) is 3.90. The first-order valence-electron chi connectivity index (χ1n) is 7.62. The molecular weight excluding hydrogens is 321 g/mol. The summed E-state index contributed by atoms with van der Waals surface area (Å²) in [6.07, 6.45) is -0.270. The van der Waals surface area contributed by atoms with Crippen LogP contribution in [0.1, 0.15) is 24.2 Å². The number of hydrogen-bond donors (Lipinski definition) is 1. The van der Waals surface area contributed by atoms with Gasteiger partial charge in [0.05, 0.1) is 0 Å². The van der Waals surface area contributed by atoms with Crippen LogP contribution >= 0.6 is 0 Å². The summed E-state index contributed by atoms with van der Waals surface area (Å²) in [7, 11) is 0. The summed E-state index contributed by atoms with van der Waals surface area (Å²) in [5.41, 5.74) is -0.0356. The molecule has 0 radical (unpaired) electrons. The Bertz CT molecular complexity index is 698. The topological polar surface area (TPSA) is 66.8 Å². The van der Waals surface area contributed by atoms with E-state index in [1.165, 1.54) is 0 Å². The standard InChI is InChI=1S/C15H17F3N6/c1-10-2-5-19-14(22-10)23-11-3-6-24(7-4-11)13-8-12(15(16,17)18)20-9-21-13/h2,5,8-9,11H,3-4,6-7H2,1H3,(H,19,22,23). The largest absolute Gasteiger partial charge is 0.433 e. The number of aryl methyl sites for hydroxylation is 1. The van der Waals surface area contributed by atoms with Gasteiger partial charge in [-0.2, -0.15) is 13.2 Å². The fourth-order valence-electron chi connectivity index (χ4n) is 2.63. The molecule has 1 N–H and O–H groups in total. The molecule has 3 rings (SSSR count). The van der Waals surface area contributed by atoms with Gasteiger partial charge in [-0.15, -0.1) is 0 Å². The van der Waals surface area contributed by atoms with Gasteiger partial charge in [-0.1, -0.05) is 0 Å². The van der Waals surface area contributed by atoms with Gasteiger partial charge in [0.15, 0.2) is 0 Å². The molecule has 9 heteroatoms. The molecule has 24 heavy (non-hydrogen) atoms. The second kappa shape index (κ2) is 6.58. The van der Waals surface area contributed by atoms with Crippen molar-refractivity contribution in [2.75, 3.05) is 23.3 Å². The number of nitrogens with one attached hydrogen (secondary N) is 1. The Morgan fingerprint density at radius 2 is 1.92 bits per heavy atom. The maximum absolute atomic E-state index is 12.7. The minimum Gasteiger partial charge on any atom is -0.356 e. The van der Waals surface area contributed by atoms with Crippen molar-refractivity contribution in [2.24, 2.45) is 0 Å². The summed E-state index contributed by atoms with van der Waals surface area (Å²) >= 11 is 0. The first-order chi connectivity index (χ1) is 11.4. The predicted octanol–water partition coefficient (Wildman–Crippen LogP) is 2.67. The molecule has 2 aromatic rings. The molecule has 1 fully saturated rings. The molecule has 1 aliphatic heterocycles. The molecular formula is C15H17F3N6. The van der Waals surface area contributed by atoms with E-state index in [1.807, 2.05) is 17.9 Å². The van der Waals surface area contributed by atoms with Crippen molar-refractivity contribution in [3.8, 4) is 0 Å². The van der Waals surface area contributed by atoms with E-state index in [1.54, 1.807) is 6.20 Å². The zero-order valence-corrected chi connectivity index (χ0v) is 13.1. The van der Waals surface area contributed by atoms with E-state index in [0.717, 1.165) is 30.9 Å². The zero-order valence-electron chi connectivity index (χ0n) is 13.1. The summed E-state index contributed by atoms with van der Waals surface area (Å²) in [5.74, 6) is 0.887. The Labute approximate surface area is 137 Å². The first-order valence-corrected chi connectivity index (χ1v) is 7.62. The summed E-state index contributed by atoms with van der Waals surface area (Å²) < 4.78 is 38.2. The lowest BCUT2D eigenvalue weighted by molar-refractivity contribution is -0.141. The van der Waals surface area contributed by atoms with Crippen molar-refractivity contribution < 1.29 is 13.2 Å². The Kier molecular flexibility index (Phi) is 4.50. The lowest BCUT2D eigenvalue weighted by Crippen LogP contribution is -2.40. The highest BCUT2D eigenvalue weighted by molar-refractivity contribution is 5.40. The lowest BCUT2D eigenvalue weighted by atomic mass is 10.1. The molecule has 1 saturated heterocycles. The van der Waals surface area contributed by atoms with Crippen molar-refractivity contribution in [1.29, 1.82) is 0 Å². The lowest BCUT2D eigenvalue weighted by Gasteiger charge is -2.33. The van der Waals surface area contributed by atoms with Gasteiger partial charge in [0, 0.05) is 37.1 Å². The molecule has 0 amide bonds. The van der Waals surface area contributed by atoms with Gasteiger partial charge < -0.3 is 10.2 Å². The molecule has 1 aliphatic rings. The average molecular weight is 338 g/mol. The number of hydrogen-bond acceptors (Lipinski definition) is 6. The Hall–Kier alpha value is -2.45. The Balaban J connectivity index is 1.61. The molecule has 3 heterocycles. The van der Waals surface area contributed by atoms with Crippen LogP contribution in [0.4, 0.5) is 24.9 Å². The van der Waals surface area contributed by atoms with Gasteiger partial charge in [-0.05, 0) is 25.8 Å². The predicted molar refractivity (Wildman–Crippen MR) is 82.7 cm³/mol. The molecule has 0 unspecified atom stereocenters. The third-order valence-corrected chi connectivity index (χ3v) is 3.89. The monoisotopic (exact) mass is 338 g/mol. The molecule has 128 valence electrons. The maximum Gasteiger partial charge on any atom is 0.433 e. The number of alkyl halides is 3. The third-order valence-electron chi connectivity index (χ3n) is 3.89. The van der Waals surface area contributed by atoms with Gasteiger partial charge in [0.25, 0.3) is 0 Å². The highest BCUT2D eigenvalue weighted by Crippen LogP contribution is 2.29. The van der Waals surface area contributed by atoms with Gasteiger partial charge in [0.1, 0.15) is 17.8 Å². The van der Waals surface area contributed by atoms with Crippen LogP contribution < -0.4 is 10.2 Å². The van der Waals surface area contributed by atoms with E-state index in [2.05, 4.69) is 25.3 Å². The summed E-state index contributed by atoms with van der Waals surface area (Å²) in [5, 5.41) is 3.27. The van der Waals surface area contributed by atoms with Crippen LogP contribution in [-0.2, 0) is 6.18 Å². The number of halogens is 3. The van der Waals surface area contributed by atoms with Crippen molar-refractivity contribution in [3.05, 3.63) is 36.0 Å². The molecule has 0 aromatic carbocycles. The van der Waals surface area contributed by atoms with Crippen LogP contribution in [0.15, 0.2) is 24.7 Å². The van der Waals surface area contributed by atoms with E-state index in [0.29, 0.717) is 24.9 Å². The van der Waals surface area contributed by atoms with Crippen molar-refractivity contribution in [3.63, 3.8) is 0 Å². The van der Waals surface area contributed by atoms with E-state index < -0.39 is 11.9 Å². The minimum atomic E-state index is -4.46. The van der Waals surface area contributed by atoms with Gasteiger partial charge in [0.2, 0.25) is 5.95 Å². The smallest absolute Gasteiger partial charge is 0.356 e. The van der Waals surface area contributed by atoms with Crippen LogP contribution in [0, 0.1) is 6.92 Å². The van der Waals surface area contributed by atoms with Crippen LogP contribution in [-0.4, -0.2) is 39.1 Å². The van der Waals surface area contributed by atoms with Crippen molar-refractivity contribution >= 4 is 11.8 Å². The highest BCUT2D eigenvalue weighted by Gasteiger charge is 2.33. The van der Waals surface area contributed by atoms with Crippen molar-refractivity contribution in [2.45, 2.75) is 32.0 Å². The van der Waals surface area contributed by atoms with Crippen LogP contribution in [0.5, 0.6) is 0 Å². The maximum atomic E-state index is 12.7. The molecule has 0 atom stereocenters. The summed E-state index contributed by atoms with van der Waals surface area (Å²) in [6, 6.07) is 3.01. The van der Waals surface area contributed by atoms with Crippen LogP contribution in [0.25, 0.3) is 0 Å². The molecule has 0 aliphatic carbocycles. The van der Waals surface area contributed by atoms with E-state index >= 15 is 0 Å². The number of rotatable bonds is 3. The fourth-order valence-corrected chi connectivity index (χ4v) is 2.63. The Morgan fingerprint density at radius 3 is 2.58 bits per heavy atom. The minimum absolute atomic E-state index is 0.187. The molecule has 0 saturated carbocycles. The first kappa shape index (κ1) is 16.4. The fraction of sp³-hybridized carbons (Fsp3) is 0.467. The van der Waals surface area contributed by atoms with E-state index in [9.17, 15) is 13.2 Å². The second-order valence-electron chi connectivity index (χ2n) is 5.69. The number of nitrogens with zero attached hydrogens (tertiary/aromatic N) is 5.